The van der Waals surface area contributed by atoms with Crippen LogP contribution in [-0.4, -0.2) is 45.5 Å². The first-order valence-electron chi connectivity index (χ1n) is 7.34. The second-order valence-electron chi connectivity index (χ2n) is 6.18. The molecule has 1 saturated carbocycles. The van der Waals surface area contributed by atoms with E-state index in [9.17, 15) is 4.79 Å². The van der Waals surface area contributed by atoms with Crippen LogP contribution in [0.4, 0.5) is 0 Å². The third-order valence-electron chi connectivity index (χ3n) is 4.52. The number of carbonyl (C=O) groups excluding carboxylic acids is 1. The number of aromatic nitrogens is 3. The minimum absolute atomic E-state index is 0.0377. The molecular formula is C14H25N5O2. The molecule has 3 N–H and O–H groups in total. The largest absolute Gasteiger partial charge is 0.378 e. The Kier molecular flexibility index (Phi) is 4.34. The normalized spacial score (nSPS) is 27.2. The zero-order valence-corrected chi connectivity index (χ0v) is 13.2. The van der Waals surface area contributed by atoms with Gasteiger partial charge < -0.3 is 15.8 Å². The van der Waals surface area contributed by atoms with Gasteiger partial charge in [0, 0.05) is 38.5 Å². The van der Waals surface area contributed by atoms with Crippen LogP contribution in [0, 0.1) is 5.41 Å². The van der Waals surface area contributed by atoms with Crippen molar-refractivity contribution in [1.82, 2.24) is 20.1 Å². The zero-order valence-electron chi connectivity index (χ0n) is 13.2. The van der Waals surface area contributed by atoms with E-state index >= 15 is 0 Å². The highest BCUT2D eigenvalue weighted by Gasteiger charge is 2.62. The SMILES string of the molecule is CCOC1CC(N)(C(=O)NCCc2ncn(C)n2)C1(C)C. The number of nitrogens with zero attached hydrogens (tertiary/aromatic N) is 3. The lowest BCUT2D eigenvalue weighted by Gasteiger charge is -2.57. The molecule has 2 rings (SSSR count). The molecule has 1 aliphatic rings. The highest BCUT2D eigenvalue weighted by Crippen LogP contribution is 2.49. The van der Waals surface area contributed by atoms with Gasteiger partial charge in [-0.1, -0.05) is 13.8 Å². The number of carbonyl (C=O) groups is 1. The Labute approximate surface area is 125 Å². The molecule has 1 amide bonds. The van der Waals surface area contributed by atoms with Crippen molar-refractivity contribution in [3.05, 3.63) is 12.2 Å². The molecule has 2 unspecified atom stereocenters. The Morgan fingerprint density at radius 3 is 2.86 bits per heavy atom. The monoisotopic (exact) mass is 295 g/mol. The number of rotatable bonds is 6. The Morgan fingerprint density at radius 1 is 1.62 bits per heavy atom. The maximum Gasteiger partial charge on any atom is 0.240 e. The zero-order chi connectivity index (χ0) is 15.7. The van der Waals surface area contributed by atoms with Crippen molar-refractivity contribution in [2.24, 2.45) is 18.2 Å². The smallest absolute Gasteiger partial charge is 0.240 e. The third kappa shape index (κ3) is 2.80. The summed E-state index contributed by atoms with van der Waals surface area (Å²) in [6, 6.07) is 0. The summed E-state index contributed by atoms with van der Waals surface area (Å²) < 4.78 is 7.27. The van der Waals surface area contributed by atoms with Crippen LogP contribution in [0.25, 0.3) is 0 Å². The minimum atomic E-state index is -0.871. The molecule has 1 aliphatic carbocycles. The highest BCUT2D eigenvalue weighted by molar-refractivity contribution is 5.88. The van der Waals surface area contributed by atoms with Crippen LogP contribution in [0.5, 0.6) is 0 Å². The lowest BCUT2D eigenvalue weighted by molar-refractivity contribution is -0.170. The van der Waals surface area contributed by atoms with Crippen molar-refractivity contribution in [1.29, 1.82) is 0 Å². The summed E-state index contributed by atoms with van der Waals surface area (Å²) >= 11 is 0. The van der Waals surface area contributed by atoms with Gasteiger partial charge in [-0.15, -0.1) is 0 Å². The van der Waals surface area contributed by atoms with E-state index in [1.807, 2.05) is 27.8 Å². The molecule has 7 heteroatoms. The summed E-state index contributed by atoms with van der Waals surface area (Å²) in [6.07, 6.45) is 2.83. The molecule has 0 aliphatic heterocycles. The molecular weight excluding hydrogens is 270 g/mol. The van der Waals surface area contributed by atoms with Gasteiger partial charge in [0.25, 0.3) is 0 Å². The molecule has 118 valence electrons. The molecule has 21 heavy (non-hydrogen) atoms. The van der Waals surface area contributed by atoms with E-state index in [1.165, 1.54) is 0 Å². The summed E-state index contributed by atoms with van der Waals surface area (Å²) in [7, 11) is 1.81. The molecule has 0 radical (unpaired) electrons. The van der Waals surface area contributed by atoms with Gasteiger partial charge in [0.2, 0.25) is 5.91 Å². The van der Waals surface area contributed by atoms with Crippen molar-refractivity contribution < 1.29 is 9.53 Å². The summed E-state index contributed by atoms with van der Waals surface area (Å²) in [5.41, 5.74) is 5.07. The first kappa shape index (κ1) is 15.9. The van der Waals surface area contributed by atoms with Crippen molar-refractivity contribution >= 4 is 5.91 Å². The second-order valence-corrected chi connectivity index (χ2v) is 6.18. The van der Waals surface area contributed by atoms with Gasteiger partial charge in [0.1, 0.15) is 11.9 Å². The molecule has 1 heterocycles. The first-order valence-corrected chi connectivity index (χ1v) is 7.34. The van der Waals surface area contributed by atoms with E-state index in [0.29, 0.717) is 31.8 Å². The van der Waals surface area contributed by atoms with Crippen LogP contribution >= 0.6 is 0 Å². The van der Waals surface area contributed by atoms with Gasteiger partial charge in [0.15, 0.2) is 5.82 Å². The number of ether oxygens (including phenoxy) is 1. The standard InChI is InChI=1S/C14H25N5O2/c1-5-21-10-8-14(15,13(10,2)3)12(20)16-7-6-11-17-9-19(4)18-11/h9-10H,5-8,15H2,1-4H3,(H,16,20). The fourth-order valence-electron chi connectivity index (χ4n) is 2.76. The molecule has 1 aromatic rings. The number of aryl methyl sites for hydroxylation is 1. The van der Waals surface area contributed by atoms with Gasteiger partial charge in [-0.2, -0.15) is 5.10 Å². The molecule has 0 spiro atoms. The number of hydrogen-bond acceptors (Lipinski definition) is 5. The Bertz CT molecular complexity index is 513. The quantitative estimate of drug-likeness (QED) is 0.770. The molecule has 0 aromatic carbocycles. The van der Waals surface area contributed by atoms with E-state index in [2.05, 4.69) is 15.4 Å². The molecule has 0 bridgehead atoms. The first-order chi connectivity index (χ1) is 9.81. The van der Waals surface area contributed by atoms with Crippen molar-refractivity contribution in [3.8, 4) is 0 Å². The van der Waals surface area contributed by atoms with E-state index in [4.69, 9.17) is 10.5 Å². The van der Waals surface area contributed by atoms with Crippen LogP contribution < -0.4 is 11.1 Å². The van der Waals surface area contributed by atoms with Crippen molar-refractivity contribution in [2.75, 3.05) is 13.2 Å². The summed E-state index contributed by atoms with van der Waals surface area (Å²) in [5, 5.41) is 7.06. The summed E-state index contributed by atoms with van der Waals surface area (Å²) in [4.78, 5) is 16.5. The lowest BCUT2D eigenvalue weighted by atomic mass is 9.54. The Hall–Kier alpha value is -1.47. The predicted octanol–water partition coefficient (Wildman–Crippen LogP) is 0.00630. The topological polar surface area (TPSA) is 95.1 Å². The fourth-order valence-corrected chi connectivity index (χ4v) is 2.76. The molecule has 1 fully saturated rings. The van der Waals surface area contributed by atoms with E-state index in [0.717, 1.165) is 0 Å². The van der Waals surface area contributed by atoms with E-state index < -0.39 is 5.54 Å². The predicted molar refractivity (Wildman–Crippen MR) is 78.4 cm³/mol. The highest BCUT2D eigenvalue weighted by atomic mass is 16.5. The molecule has 2 atom stereocenters. The average Bonchev–Trinajstić information content (AvgIpc) is 2.83. The number of hydrogen-bond donors (Lipinski definition) is 2. The van der Waals surface area contributed by atoms with E-state index in [1.54, 1.807) is 11.0 Å². The number of amides is 1. The van der Waals surface area contributed by atoms with Crippen LogP contribution in [0.3, 0.4) is 0 Å². The second kappa shape index (κ2) is 5.73. The van der Waals surface area contributed by atoms with Crippen LogP contribution in [-0.2, 0) is 23.0 Å². The maximum absolute atomic E-state index is 12.4. The van der Waals surface area contributed by atoms with Gasteiger partial charge >= 0.3 is 0 Å². The summed E-state index contributed by atoms with van der Waals surface area (Å²) in [5.74, 6) is 0.586. The molecule has 7 nitrogen and oxygen atoms in total. The Balaban J connectivity index is 1.86. The fraction of sp³-hybridized carbons (Fsp3) is 0.786. The molecule has 0 saturated heterocycles. The van der Waals surface area contributed by atoms with Gasteiger partial charge in [-0.25, -0.2) is 4.98 Å². The maximum atomic E-state index is 12.4. The van der Waals surface area contributed by atoms with Crippen molar-refractivity contribution in [2.45, 2.75) is 45.3 Å². The third-order valence-corrected chi connectivity index (χ3v) is 4.52. The minimum Gasteiger partial charge on any atom is -0.378 e. The van der Waals surface area contributed by atoms with Crippen LogP contribution in [0.2, 0.25) is 0 Å². The molecule has 1 aromatic heterocycles. The van der Waals surface area contributed by atoms with Crippen LogP contribution in [0.1, 0.15) is 33.0 Å². The van der Waals surface area contributed by atoms with Crippen LogP contribution in [0.15, 0.2) is 6.33 Å². The summed E-state index contributed by atoms with van der Waals surface area (Å²) in [6.45, 7) is 7.04. The number of nitrogens with one attached hydrogen (secondary N) is 1. The van der Waals surface area contributed by atoms with Gasteiger partial charge in [0.05, 0.1) is 6.10 Å². The van der Waals surface area contributed by atoms with E-state index in [-0.39, 0.29) is 17.4 Å². The van der Waals surface area contributed by atoms with Crippen molar-refractivity contribution in [3.63, 3.8) is 0 Å². The number of nitrogens with two attached hydrogens (primary N) is 1. The van der Waals surface area contributed by atoms with Gasteiger partial charge in [-0.05, 0) is 6.92 Å². The average molecular weight is 295 g/mol. The Morgan fingerprint density at radius 2 is 2.33 bits per heavy atom. The lowest BCUT2D eigenvalue weighted by Crippen LogP contribution is -2.75. The van der Waals surface area contributed by atoms with Gasteiger partial charge in [-0.3, -0.25) is 9.48 Å².